The summed E-state index contributed by atoms with van der Waals surface area (Å²) in [5.74, 6) is 0.108. The van der Waals surface area contributed by atoms with E-state index < -0.39 is 0 Å². The lowest BCUT2D eigenvalue weighted by atomic mass is 10.1. The molecular formula is C9H11NO2. The Morgan fingerprint density at radius 3 is 2.17 bits per heavy atom. The van der Waals surface area contributed by atoms with E-state index in [1.807, 2.05) is 0 Å². The van der Waals surface area contributed by atoms with Crippen LogP contribution in [0.15, 0.2) is 23.2 Å². The average Bonchev–Trinajstić information content (AvgIpc) is 2.03. The van der Waals surface area contributed by atoms with Gasteiger partial charge in [-0.1, -0.05) is 6.07 Å². The maximum atomic E-state index is 9.35. The van der Waals surface area contributed by atoms with Crippen molar-refractivity contribution in [1.82, 2.24) is 0 Å². The van der Waals surface area contributed by atoms with Crippen molar-refractivity contribution in [3.05, 3.63) is 23.8 Å². The molecule has 2 N–H and O–H groups in total. The summed E-state index contributed by atoms with van der Waals surface area (Å²) < 4.78 is 0. The van der Waals surface area contributed by atoms with Gasteiger partial charge in [-0.2, -0.15) is 0 Å². The fourth-order valence-corrected chi connectivity index (χ4v) is 1.01. The zero-order chi connectivity index (χ0) is 9.14. The molecule has 3 heteroatoms. The Balaban J connectivity index is 3.31. The number of aliphatic imine (C=N–C) groups is 1. The summed E-state index contributed by atoms with van der Waals surface area (Å²) >= 11 is 0. The highest BCUT2D eigenvalue weighted by atomic mass is 16.3. The zero-order valence-corrected chi connectivity index (χ0v) is 7.07. The third kappa shape index (κ3) is 1.39. The molecule has 0 heterocycles. The second-order valence-corrected chi connectivity index (χ2v) is 2.48. The van der Waals surface area contributed by atoms with E-state index in [0.717, 1.165) is 0 Å². The Kier molecular flexibility index (Phi) is 2.33. The molecule has 0 amide bonds. The Morgan fingerprint density at radius 1 is 1.25 bits per heavy atom. The molecule has 0 bridgehead atoms. The molecule has 0 spiro atoms. The van der Waals surface area contributed by atoms with Crippen LogP contribution >= 0.6 is 0 Å². The van der Waals surface area contributed by atoms with Crippen LogP contribution in [0.4, 0.5) is 0 Å². The van der Waals surface area contributed by atoms with Crippen molar-refractivity contribution < 1.29 is 10.2 Å². The van der Waals surface area contributed by atoms with Crippen LogP contribution in [0.5, 0.6) is 11.5 Å². The number of hydrogen-bond donors (Lipinski definition) is 2. The highest BCUT2D eigenvalue weighted by Crippen LogP contribution is 2.26. The molecule has 0 aromatic heterocycles. The molecule has 0 saturated carbocycles. The Bertz CT molecular complexity index is 298. The molecular weight excluding hydrogens is 154 g/mol. The Morgan fingerprint density at radius 2 is 1.75 bits per heavy atom. The molecule has 1 aromatic carbocycles. The van der Waals surface area contributed by atoms with Crippen molar-refractivity contribution in [1.29, 1.82) is 0 Å². The summed E-state index contributed by atoms with van der Waals surface area (Å²) in [5.41, 5.74) is 1.02. The van der Waals surface area contributed by atoms with Crippen LogP contribution in [0.1, 0.15) is 12.5 Å². The van der Waals surface area contributed by atoms with Gasteiger partial charge in [-0.15, -0.1) is 0 Å². The first-order valence-corrected chi connectivity index (χ1v) is 3.61. The summed E-state index contributed by atoms with van der Waals surface area (Å²) in [6, 6.07) is 4.62. The van der Waals surface area contributed by atoms with Gasteiger partial charge in [-0.3, -0.25) is 4.99 Å². The van der Waals surface area contributed by atoms with Crippen molar-refractivity contribution in [2.45, 2.75) is 6.92 Å². The van der Waals surface area contributed by atoms with Gasteiger partial charge in [0.2, 0.25) is 0 Å². The number of rotatable bonds is 1. The topological polar surface area (TPSA) is 52.8 Å². The Labute approximate surface area is 71.0 Å². The van der Waals surface area contributed by atoms with E-state index in [1.165, 1.54) is 12.1 Å². The molecule has 0 unspecified atom stereocenters. The van der Waals surface area contributed by atoms with Gasteiger partial charge in [0.1, 0.15) is 11.5 Å². The van der Waals surface area contributed by atoms with Crippen LogP contribution in [0.2, 0.25) is 0 Å². The SMILES string of the molecule is C/N=C(/C)c1c(O)cccc1O. The summed E-state index contributed by atoms with van der Waals surface area (Å²) in [7, 11) is 1.61. The molecule has 3 nitrogen and oxygen atoms in total. The third-order valence-corrected chi connectivity index (χ3v) is 1.72. The van der Waals surface area contributed by atoms with E-state index in [1.54, 1.807) is 20.0 Å². The van der Waals surface area contributed by atoms with Crippen LogP contribution in [-0.2, 0) is 0 Å². The number of phenols is 2. The van der Waals surface area contributed by atoms with Crippen molar-refractivity contribution >= 4 is 5.71 Å². The molecule has 12 heavy (non-hydrogen) atoms. The predicted molar refractivity (Wildman–Crippen MR) is 47.9 cm³/mol. The van der Waals surface area contributed by atoms with E-state index in [0.29, 0.717) is 11.3 Å². The predicted octanol–water partition coefficient (Wildman–Crippen LogP) is 1.54. The van der Waals surface area contributed by atoms with Crippen molar-refractivity contribution in [2.75, 3.05) is 7.05 Å². The minimum Gasteiger partial charge on any atom is -0.507 e. The van der Waals surface area contributed by atoms with E-state index in [4.69, 9.17) is 0 Å². The highest BCUT2D eigenvalue weighted by molar-refractivity contribution is 6.03. The lowest BCUT2D eigenvalue weighted by Gasteiger charge is -2.04. The standard InChI is InChI=1S/C9H11NO2/c1-6(10-2)9-7(11)4-3-5-8(9)12/h3-5,11-12H,1-2H3/b10-6-. The van der Waals surface area contributed by atoms with Gasteiger partial charge >= 0.3 is 0 Å². The van der Waals surface area contributed by atoms with Crippen molar-refractivity contribution in [3.8, 4) is 11.5 Å². The second kappa shape index (κ2) is 3.26. The first-order chi connectivity index (χ1) is 5.66. The third-order valence-electron chi connectivity index (χ3n) is 1.72. The van der Waals surface area contributed by atoms with Gasteiger partial charge in [0.25, 0.3) is 0 Å². The largest absolute Gasteiger partial charge is 0.507 e. The Hall–Kier alpha value is -1.51. The molecule has 0 aliphatic rings. The number of phenolic OH excluding ortho intramolecular Hbond substituents is 2. The van der Waals surface area contributed by atoms with Gasteiger partial charge < -0.3 is 10.2 Å². The first-order valence-electron chi connectivity index (χ1n) is 3.61. The molecule has 0 saturated heterocycles. The van der Waals surface area contributed by atoms with Crippen molar-refractivity contribution in [2.24, 2.45) is 4.99 Å². The fraction of sp³-hybridized carbons (Fsp3) is 0.222. The number of hydrogen-bond acceptors (Lipinski definition) is 3. The first kappa shape index (κ1) is 8.59. The van der Waals surface area contributed by atoms with Crippen LogP contribution in [0.3, 0.4) is 0 Å². The molecule has 0 aliphatic carbocycles. The van der Waals surface area contributed by atoms with Gasteiger partial charge in [-0.05, 0) is 19.1 Å². The molecule has 64 valence electrons. The van der Waals surface area contributed by atoms with Crippen LogP contribution in [0.25, 0.3) is 0 Å². The van der Waals surface area contributed by atoms with Crippen LogP contribution in [-0.4, -0.2) is 23.0 Å². The molecule has 0 atom stereocenters. The maximum absolute atomic E-state index is 9.35. The number of nitrogens with zero attached hydrogens (tertiary/aromatic N) is 1. The average molecular weight is 165 g/mol. The zero-order valence-electron chi connectivity index (χ0n) is 7.07. The molecule has 1 rings (SSSR count). The molecule has 0 aliphatic heterocycles. The smallest absolute Gasteiger partial charge is 0.128 e. The van der Waals surface area contributed by atoms with Crippen molar-refractivity contribution in [3.63, 3.8) is 0 Å². The summed E-state index contributed by atoms with van der Waals surface area (Å²) in [5, 5.41) is 18.7. The lowest BCUT2D eigenvalue weighted by Crippen LogP contribution is -1.94. The molecule has 0 radical (unpaired) electrons. The molecule has 0 fully saturated rings. The van der Waals surface area contributed by atoms with E-state index in [-0.39, 0.29) is 11.5 Å². The van der Waals surface area contributed by atoms with Crippen LogP contribution in [0, 0.1) is 0 Å². The quantitative estimate of drug-likeness (QED) is 0.620. The van der Waals surface area contributed by atoms with Gasteiger partial charge in [0, 0.05) is 12.8 Å². The second-order valence-electron chi connectivity index (χ2n) is 2.48. The number of aromatic hydroxyl groups is 2. The van der Waals surface area contributed by atoms with Gasteiger partial charge in [-0.25, -0.2) is 0 Å². The highest BCUT2D eigenvalue weighted by Gasteiger charge is 2.08. The summed E-state index contributed by atoms with van der Waals surface area (Å²) in [4.78, 5) is 3.88. The summed E-state index contributed by atoms with van der Waals surface area (Å²) in [6.07, 6.45) is 0. The fourth-order valence-electron chi connectivity index (χ4n) is 1.01. The monoisotopic (exact) mass is 165 g/mol. The maximum Gasteiger partial charge on any atom is 0.128 e. The van der Waals surface area contributed by atoms with E-state index in [9.17, 15) is 10.2 Å². The van der Waals surface area contributed by atoms with E-state index >= 15 is 0 Å². The summed E-state index contributed by atoms with van der Waals surface area (Å²) in [6.45, 7) is 1.73. The van der Waals surface area contributed by atoms with Crippen LogP contribution < -0.4 is 0 Å². The van der Waals surface area contributed by atoms with Gasteiger partial charge in [0.15, 0.2) is 0 Å². The lowest BCUT2D eigenvalue weighted by molar-refractivity contribution is 0.448. The minimum atomic E-state index is 0.0538. The van der Waals surface area contributed by atoms with Gasteiger partial charge in [0.05, 0.1) is 5.56 Å². The minimum absolute atomic E-state index is 0.0538. The van der Waals surface area contributed by atoms with E-state index in [2.05, 4.69) is 4.99 Å². The number of benzene rings is 1. The normalized spacial score (nSPS) is 11.7. The molecule has 1 aromatic rings.